The molecule has 3 rings (SSSR count). The maximum Gasteiger partial charge on any atom is 0.240 e. The van der Waals surface area contributed by atoms with Gasteiger partial charge in [0.25, 0.3) is 0 Å². The quantitative estimate of drug-likeness (QED) is 0.782. The third-order valence-corrected chi connectivity index (χ3v) is 5.94. The average molecular weight is 391 g/mol. The van der Waals surface area contributed by atoms with Crippen LogP contribution in [0.15, 0.2) is 35.4 Å². The molecule has 27 heavy (non-hydrogen) atoms. The van der Waals surface area contributed by atoms with Crippen molar-refractivity contribution in [1.29, 1.82) is 0 Å². The highest BCUT2D eigenvalue weighted by atomic mass is 32.2. The summed E-state index contributed by atoms with van der Waals surface area (Å²) in [7, 11) is -3.63. The van der Waals surface area contributed by atoms with Crippen molar-refractivity contribution in [2.45, 2.75) is 44.6 Å². The van der Waals surface area contributed by atoms with E-state index in [0.29, 0.717) is 24.0 Å². The largest absolute Gasteiger partial charge is 0.494 e. The minimum atomic E-state index is -3.63. The van der Waals surface area contributed by atoms with E-state index in [0.717, 1.165) is 31.5 Å². The van der Waals surface area contributed by atoms with Crippen molar-refractivity contribution in [2.24, 2.45) is 0 Å². The molecule has 0 unspecified atom stereocenters. The molecule has 146 valence electrons. The Balaban J connectivity index is 1.69. The van der Waals surface area contributed by atoms with Gasteiger partial charge in [0, 0.05) is 19.3 Å². The van der Waals surface area contributed by atoms with Crippen LogP contribution >= 0.6 is 0 Å². The summed E-state index contributed by atoms with van der Waals surface area (Å²) in [5, 5.41) is 0. The van der Waals surface area contributed by atoms with E-state index in [2.05, 4.69) is 19.6 Å². The smallest absolute Gasteiger partial charge is 0.240 e. The Morgan fingerprint density at radius 1 is 1.19 bits per heavy atom. The number of aromatic nitrogens is 2. The van der Waals surface area contributed by atoms with Gasteiger partial charge in [-0.05, 0) is 62.9 Å². The third-order valence-electron chi connectivity index (χ3n) is 4.54. The SMILES string of the molecule is CCOc1ccc(S(=O)(=O)NCc2ccnc(N3CCCCC3)n2)cc1C. The molecule has 1 aliphatic heterocycles. The van der Waals surface area contributed by atoms with Crippen molar-refractivity contribution in [3.8, 4) is 5.75 Å². The molecule has 0 radical (unpaired) electrons. The van der Waals surface area contributed by atoms with Crippen LogP contribution in [0.25, 0.3) is 0 Å². The van der Waals surface area contributed by atoms with Crippen LogP contribution in [0.3, 0.4) is 0 Å². The Morgan fingerprint density at radius 2 is 1.96 bits per heavy atom. The molecule has 1 saturated heterocycles. The van der Waals surface area contributed by atoms with Crippen LogP contribution in [0.4, 0.5) is 5.95 Å². The normalized spacial score (nSPS) is 15.0. The molecule has 0 amide bonds. The average Bonchev–Trinajstić information content (AvgIpc) is 2.69. The Kier molecular flexibility index (Phi) is 6.28. The second-order valence-corrected chi connectivity index (χ2v) is 8.35. The van der Waals surface area contributed by atoms with E-state index < -0.39 is 10.0 Å². The fourth-order valence-electron chi connectivity index (χ4n) is 3.09. The van der Waals surface area contributed by atoms with Crippen LogP contribution in [0.1, 0.15) is 37.4 Å². The first kappa shape index (κ1) is 19.6. The van der Waals surface area contributed by atoms with Crippen LogP contribution in [0.2, 0.25) is 0 Å². The molecular formula is C19H26N4O3S. The maximum absolute atomic E-state index is 12.6. The second-order valence-electron chi connectivity index (χ2n) is 6.58. The second kappa shape index (κ2) is 8.67. The monoisotopic (exact) mass is 390 g/mol. The number of hydrogen-bond donors (Lipinski definition) is 1. The molecule has 7 nitrogen and oxygen atoms in total. The number of rotatable bonds is 7. The van der Waals surface area contributed by atoms with Gasteiger partial charge in [0.15, 0.2) is 0 Å². The minimum Gasteiger partial charge on any atom is -0.494 e. The first-order chi connectivity index (χ1) is 13.0. The highest BCUT2D eigenvalue weighted by Gasteiger charge is 2.17. The highest BCUT2D eigenvalue weighted by molar-refractivity contribution is 7.89. The first-order valence-electron chi connectivity index (χ1n) is 9.29. The van der Waals surface area contributed by atoms with Gasteiger partial charge in [-0.2, -0.15) is 0 Å². The van der Waals surface area contributed by atoms with E-state index in [1.807, 2.05) is 13.8 Å². The number of sulfonamides is 1. The minimum absolute atomic E-state index is 0.123. The topological polar surface area (TPSA) is 84.4 Å². The van der Waals surface area contributed by atoms with Crippen LogP contribution in [0, 0.1) is 6.92 Å². The van der Waals surface area contributed by atoms with Gasteiger partial charge in [0.1, 0.15) is 5.75 Å². The molecule has 0 saturated carbocycles. The Bertz CT molecular complexity index is 880. The van der Waals surface area contributed by atoms with E-state index in [1.165, 1.54) is 6.42 Å². The van der Waals surface area contributed by atoms with E-state index in [9.17, 15) is 8.42 Å². The summed E-state index contributed by atoms with van der Waals surface area (Å²) in [5.74, 6) is 1.36. The zero-order chi connectivity index (χ0) is 19.3. The highest BCUT2D eigenvalue weighted by Crippen LogP contribution is 2.22. The van der Waals surface area contributed by atoms with E-state index in [4.69, 9.17) is 4.74 Å². The van der Waals surface area contributed by atoms with Gasteiger partial charge in [0.05, 0.1) is 23.7 Å². The Labute approximate surface area is 160 Å². The molecule has 1 aromatic heterocycles. The molecule has 0 aliphatic carbocycles. The number of piperidine rings is 1. The first-order valence-corrected chi connectivity index (χ1v) is 10.8. The molecule has 1 aliphatic rings. The lowest BCUT2D eigenvalue weighted by Gasteiger charge is -2.26. The van der Waals surface area contributed by atoms with Gasteiger partial charge in [-0.15, -0.1) is 0 Å². The Hall–Kier alpha value is -2.19. The van der Waals surface area contributed by atoms with Crippen molar-refractivity contribution >= 4 is 16.0 Å². The van der Waals surface area contributed by atoms with Crippen molar-refractivity contribution in [2.75, 3.05) is 24.6 Å². The van der Waals surface area contributed by atoms with Gasteiger partial charge in [-0.3, -0.25) is 0 Å². The molecule has 1 aromatic carbocycles. The molecule has 1 fully saturated rings. The number of nitrogens with zero attached hydrogens (tertiary/aromatic N) is 3. The lowest BCUT2D eigenvalue weighted by atomic mass is 10.1. The molecule has 0 spiro atoms. The lowest BCUT2D eigenvalue weighted by Crippen LogP contribution is -2.31. The molecule has 2 heterocycles. The number of benzene rings is 1. The summed E-state index contributed by atoms with van der Waals surface area (Å²) < 4.78 is 33.3. The van der Waals surface area contributed by atoms with Crippen LogP contribution < -0.4 is 14.4 Å². The fourth-order valence-corrected chi connectivity index (χ4v) is 4.17. The predicted molar refractivity (Wildman–Crippen MR) is 104 cm³/mol. The molecule has 8 heteroatoms. The number of anilines is 1. The zero-order valence-electron chi connectivity index (χ0n) is 15.8. The van der Waals surface area contributed by atoms with Gasteiger partial charge < -0.3 is 9.64 Å². The van der Waals surface area contributed by atoms with Gasteiger partial charge >= 0.3 is 0 Å². The van der Waals surface area contributed by atoms with Crippen molar-refractivity contribution < 1.29 is 13.2 Å². The molecule has 2 aromatic rings. The summed E-state index contributed by atoms with van der Waals surface area (Å²) in [6.45, 7) is 6.28. The molecular weight excluding hydrogens is 364 g/mol. The summed E-state index contributed by atoms with van der Waals surface area (Å²) >= 11 is 0. The van der Waals surface area contributed by atoms with E-state index >= 15 is 0 Å². The van der Waals surface area contributed by atoms with Gasteiger partial charge in [-0.25, -0.2) is 23.1 Å². The van der Waals surface area contributed by atoms with Gasteiger partial charge in [0.2, 0.25) is 16.0 Å². The fraction of sp³-hybridized carbons (Fsp3) is 0.474. The number of hydrogen-bond acceptors (Lipinski definition) is 6. The van der Waals surface area contributed by atoms with Crippen LogP contribution in [-0.2, 0) is 16.6 Å². The van der Waals surface area contributed by atoms with Gasteiger partial charge in [-0.1, -0.05) is 0 Å². The maximum atomic E-state index is 12.6. The zero-order valence-corrected chi connectivity index (χ0v) is 16.6. The predicted octanol–water partition coefficient (Wildman–Crippen LogP) is 2.65. The summed E-state index contributed by atoms with van der Waals surface area (Å²) in [5.41, 5.74) is 1.44. The van der Waals surface area contributed by atoms with Crippen LogP contribution in [0.5, 0.6) is 5.75 Å². The molecule has 0 atom stereocenters. The van der Waals surface area contributed by atoms with Crippen LogP contribution in [-0.4, -0.2) is 38.1 Å². The summed E-state index contributed by atoms with van der Waals surface area (Å²) in [6.07, 6.45) is 5.19. The summed E-state index contributed by atoms with van der Waals surface area (Å²) in [6, 6.07) is 6.60. The van der Waals surface area contributed by atoms with E-state index in [1.54, 1.807) is 30.5 Å². The van der Waals surface area contributed by atoms with Crippen molar-refractivity contribution in [1.82, 2.24) is 14.7 Å². The van der Waals surface area contributed by atoms with Crippen molar-refractivity contribution in [3.05, 3.63) is 41.7 Å². The molecule has 0 bridgehead atoms. The number of aryl methyl sites for hydroxylation is 1. The molecule has 1 N–H and O–H groups in total. The number of nitrogens with one attached hydrogen (secondary N) is 1. The van der Waals surface area contributed by atoms with Crippen molar-refractivity contribution in [3.63, 3.8) is 0 Å². The summed E-state index contributed by atoms with van der Waals surface area (Å²) in [4.78, 5) is 11.2. The lowest BCUT2D eigenvalue weighted by molar-refractivity contribution is 0.337. The standard InChI is InChI=1S/C19H26N4O3S/c1-3-26-18-8-7-17(13-15(18)2)27(24,25)21-14-16-9-10-20-19(22-16)23-11-5-4-6-12-23/h7-10,13,21H,3-6,11-12,14H2,1-2H3. The van der Waals surface area contributed by atoms with E-state index in [-0.39, 0.29) is 11.4 Å². The Morgan fingerprint density at radius 3 is 2.67 bits per heavy atom. The third kappa shape index (κ3) is 4.95. The number of ether oxygens (including phenoxy) is 1.